The van der Waals surface area contributed by atoms with Gasteiger partial charge >= 0.3 is 0 Å². The Labute approximate surface area is 135 Å². The molecule has 0 bridgehead atoms. The standard InChI is InChI=1S/C16H22N6O/c1-10-14-12(4-3-5-13(14)23)20-16(18-10)21-15(17)19-11-6-8-22(2)9-7-11/h3-5,11,23H,6-9H2,1-2H3,(H3,17,18,19,20,21). The molecule has 0 aliphatic carbocycles. The molecule has 2 heterocycles. The van der Waals surface area contributed by atoms with Gasteiger partial charge in [-0.05, 0) is 52.0 Å². The molecule has 1 aromatic carbocycles. The summed E-state index contributed by atoms with van der Waals surface area (Å²) in [5.74, 6) is 0.746. The number of aromatic hydroxyl groups is 1. The van der Waals surface area contributed by atoms with Crippen molar-refractivity contribution in [3.63, 3.8) is 0 Å². The summed E-state index contributed by atoms with van der Waals surface area (Å²) in [6.07, 6.45) is 2.04. The number of nitrogens with one attached hydrogen (secondary N) is 3. The van der Waals surface area contributed by atoms with Crippen molar-refractivity contribution in [2.45, 2.75) is 25.8 Å². The second kappa shape index (κ2) is 6.37. The van der Waals surface area contributed by atoms with Crippen LogP contribution < -0.4 is 10.6 Å². The molecule has 1 aliphatic heterocycles. The highest BCUT2D eigenvalue weighted by molar-refractivity contribution is 5.92. The van der Waals surface area contributed by atoms with E-state index in [-0.39, 0.29) is 11.7 Å². The number of benzene rings is 1. The first-order chi connectivity index (χ1) is 11.0. The van der Waals surface area contributed by atoms with Crippen LogP contribution in [-0.2, 0) is 0 Å². The van der Waals surface area contributed by atoms with E-state index in [9.17, 15) is 5.11 Å². The first-order valence-corrected chi connectivity index (χ1v) is 7.80. The summed E-state index contributed by atoms with van der Waals surface area (Å²) < 4.78 is 0. The van der Waals surface area contributed by atoms with Gasteiger partial charge in [-0.25, -0.2) is 9.97 Å². The smallest absolute Gasteiger partial charge is 0.230 e. The number of guanidine groups is 1. The minimum Gasteiger partial charge on any atom is -0.507 e. The van der Waals surface area contributed by atoms with Crippen LogP contribution >= 0.6 is 0 Å². The Balaban J connectivity index is 1.70. The van der Waals surface area contributed by atoms with Gasteiger partial charge in [0.25, 0.3) is 0 Å². The molecular weight excluding hydrogens is 292 g/mol. The first kappa shape index (κ1) is 15.5. The zero-order valence-electron chi connectivity index (χ0n) is 13.4. The van der Waals surface area contributed by atoms with Crippen molar-refractivity contribution in [3.8, 4) is 5.75 Å². The Bertz CT molecular complexity index is 724. The summed E-state index contributed by atoms with van der Waals surface area (Å²) in [7, 11) is 2.11. The fourth-order valence-corrected chi connectivity index (χ4v) is 2.91. The van der Waals surface area contributed by atoms with Crippen molar-refractivity contribution in [2.24, 2.45) is 0 Å². The van der Waals surface area contributed by atoms with E-state index < -0.39 is 0 Å². The molecule has 0 saturated carbocycles. The maximum absolute atomic E-state index is 9.90. The molecule has 1 aliphatic rings. The molecule has 122 valence electrons. The monoisotopic (exact) mass is 314 g/mol. The van der Waals surface area contributed by atoms with Crippen LogP contribution in [-0.4, -0.2) is 52.1 Å². The van der Waals surface area contributed by atoms with E-state index in [4.69, 9.17) is 5.41 Å². The van der Waals surface area contributed by atoms with Gasteiger partial charge in [-0.2, -0.15) is 0 Å². The molecule has 1 saturated heterocycles. The van der Waals surface area contributed by atoms with Gasteiger partial charge in [-0.1, -0.05) is 6.07 Å². The van der Waals surface area contributed by atoms with Gasteiger partial charge in [-0.3, -0.25) is 10.7 Å². The number of phenols is 1. The number of phenolic OH excluding ortho intramolecular Hbond substituents is 1. The molecule has 1 fully saturated rings. The second-order valence-corrected chi connectivity index (χ2v) is 6.03. The number of hydrogen-bond acceptors (Lipinski definition) is 5. The van der Waals surface area contributed by atoms with Gasteiger partial charge in [0.1, 0.15) is 5.75 Å². The van der Waals surface area contributed by atoms with Crippen LogP contribution in [0.3, 0.4) is 0 Å². The fraction of sp³-hybridized carbons (Fsp3) is 0.438. The van der Waals surface area contributed by atoms with E-state index in [1.165, 1.54) is 0 Å². The lowest BCUT2D eigenvalue weighted by molar-refractivity contribution is 0.247. The molecule has 23 heavy (non-hydrogen) atoms. The zero-order chi connectivity index (χ0) is 16.4. The minimum atomic E-state index is 0.172. The van der Waals surface area contributed by atoms with E-state index in [0.717, 1.165) is 25.9 Å². The van der Waals surface area contributed by atoms with Gasteiger partial charge < -0.3 is 15.3 Å². The maximum Gasteiger partial charge on any atom is 0.230 e. The van der Waals surface area contributed by atoms with Crippen LogP contribution in [0.2, 0.25) is 0 Å². The van der Waals surface area contributed by atoms with Crippen molar-refractivity contribution in [2.75, 3.05) is 25.5 Å². The second-order valence-electron chi connectivity index (χ2n) is 6.03. The molecule has 0 amide bonds. The SMILES string of the molecule is Cc1nc(NC(=N)NC2CCN(C)CC2)nc2cccc(O)c12. The average molecular weight is 314 g/mol. The predicted molar refractivity (Wildman–Crippen MR) is 90.9 cm³/mol. The highest BCUT2D eigenvalue weighted by atomic mass is 16.3. The third-order valence-corrected chi connectivity index (χ3v) is 4.19. The lowest BCUT2D eigenvalue weighted by Gasteiger charge is -2.30. The van der Waals surface area contributed by atoms with E-state index in [1.54, 1.807) is 12.1 Å². The lowest BCUT2D eigenvalue weighted by Crippen LogP contribution is -2.45. The number of aryl methyl sites for hydroxylation is 1. The first-order valence-electron chi connectivity index (χ1n) is 7.80. The van der Waals surface area contributed by atoms with E-state index >= 15 is 0 Å². The Hall–Kier alpha value is -2.41. The van der Waals surface area contributed by atoms with Crippen LogP contribution in [0.1, 0.15) is 18.5 Å². The molecule has 0 spiro atoms. The molecule has 0 radical (unpaired) electrons. The quantitative estimate of drug-likeness (QED) is 0.497. The summed E-state index contributed by atoms with van der Waals surface area (Å²) in [6.45, 7) is 3.90. The van der Waals surface area contributed by atoms with Crippen LogP contribution in [0.4, 0.5) is 5.95 Å². The number of rotatable bonds is 2. The molecular formula is C16H22N6O. The molecule has 1 aromatic heterocycles. The van der Waals surface area contributed by atoms with Crippen LogP contribution in [0.5, 0.6) is 5.75 Å². The van der Waals surface area contributed by atoms with E-state index in [2.05, 4.69) is 32.5 Å². The molecule has 0 atom stereocenters. The Morgan fingerprint density at radius 2 is 2.04 bits per heavy atom. The van der Waals surface area contributed by atoms with Crippen LogP contribution in [0.15, 0.2) is 18.2 Å². The molecule has 2 aromatic rings. The normalized spacial score (nSPS) is 16.4. The molecule has 7 heteroatoms. The maximum atomic E-state index is 9.90. The molecule has 7 nitrogen and oxygen atoms in total. The summed E-state index contributed by atoms with van der Waals surface area (Å²) in [5, 5.41) is 24.7. The Morgan fingerprint density at radius 3 is 2.78 bits per heavy atom. The topological polar surface area (TPSA) is 97.2 Å². The number of likely N-dealkylation sites (tertiary alicyclic amines) is 1. The number of anilines is 1. The van der Waals surface area contributed by atoms with Gasteiger partial charge in [0.15, 0.2) is 5.96 Å². The number of hydrogen-bond donors (Lipinski definition) is 4. The average Bonchev–Trinajstić information content (AvgIpc) is 2.49. The van der Waals surface area contributed by atoms with Crippen molar-refractivity contribution in [1.29, 1.82) is 5.41 Å². The summed E-state index contributed by atoms with van der Waals surface area (Å²) in [4.78, 5) is 11.0. The predicted octanol–water partition coefficient (Wildman–Crippen LogP) is 1.67. The third-order valence-electron chi connectivity index (χ3n) is 4.19. The van der Waals surface area contributed by atoms with Gasteiger partial charge in [0.05, 0.1) is 16.6 Å². The van der Waals surface area contributed by atoms with Crippen molar-refractivity contribution < 1.29 is 5.11 Å². The highest BCUT2D eigenvalue weighted by Gasteiger charge is 2.17. The van der Waals surface area contributed by atoms with Gasteiger partial charge in [0, 0.05) is 6.04 Å². The number of aromatic nitrogens is 2. The van der Waals surface area contributed by atoms with Crippen LogP contribution in [0.25, 0.3) is 10.9 Å². The largest absolute Gasteiger partial charge is 0.507 e. The van der Waals surface area contributed by atoms with Gasteiger partial charge in [0.2, 0.25) is 5.95 Å². The summed E-state index contributed by atoms with van der Waals surface area (Å²) >= 11 is 0. The fourth-order valence-electron chi connectivity index (χ4n) is 2.91. The highest BCUT2D eigenvalue weighted by Crippen LogP contribution is 2.26. The van der Waals surface area contributed by atoms with E-state index in [1.807, 2.05) is 13.0 Å². The molecule has 3 rings (SSSR count). The van der Waals surface area contributed by atoms with Crippen molar-refractivity contribution in [1.82, 2.24) is 20.2 Å². The third kappa shape index (κ3) is 3.50. The number of nitrogens with zero attached hydrogens (tertiary/aromatic N) is 3. The number of fused-ring (bicyclic) bond motifs is 1. The molecule has 0 unspecified atom stereocenters. The lowest BCUT2D eigenvalue weighted by atomic mass is 10.1. The van der Waals surface area contributed by atoms with Gasteiger partial charge in [-0.15, -0.1) is 0 Å². The minimum absolute atomic E-state index is 0.172. The Morgan fingerprint density at radius 1 is 1.30 bits per heavy atom. The van der Waals surface area contributed by atoms with Crippen LogP contribution in [0, 0.1) is 12.3 Å². The number of piperidine rings is 1. The van der Waals surface area contributed by atoms with E-state index in [0.29, 0.717) is 28.6 Å². The Kier molecular flexibility index (Phi) is 4.29. The van der Waals surface area contributed by atoms with Crippen molar-refractivity contribution in [3.05, 3.63) is 23.9 Å². The summed E-state index contributed by atoms with van der Waals surface area (Å²) in [6, 6.07) is 5.49. The summed E-state index contributed by atoms with van der Waals surface area (Å²) in [5.41, 5.74) is 1.34. The zero-order valence-corrected chi connectivity index (χ0v) is 13.4. The van der Waals surface area contributed by atoms with Crippen molar-refractivity contribution >= 4 is 22.8 Å². The molecule has 4 N–H and O–H groups in total.